The summed E-state index contributed by atoms with van der Waals surface area (Å²) in [5, 5.41) is 22.5. The van der Waals surface area contributed by atoms with E-state index in [0.717, 1.165) is 18.4 Å². The molecule has 1 aliphatic heterocycles. The van der Waals surface area contributed by atoms with Gasteiger partial charge in [-0.15, -0.1) is 0 Å². The van der Waals surface area contributed by atoms with Crippen molar-refractivity contribution in [2.45, 2.75) is 91.8 Å². The second kappa shape index (κ2) is 5.88. The molecular formula is C25H38O4. The van der Waals surface area contributed by atoms with Crippen LogP contribution in [0.15, 0.2) is 11.1 Å². The summed E-state index contributed by atoms with van der Waals surface area (Å²) in [5.74, 6) is 0.892. The van der Waals surface area contributed by atoms with Gasteiger partial charge in [-0.05, 0) is 72.5 Å². The molecule has 0 saturated heterocycles. The highest BCUT2D eigenvalue weighted by molar-refractivity contribution is 5.94. The van der Waals surface area contributed by atoms with Gasteiger partial charge < -0.3 is 14.9 Å². The highest BCUT2D eigenvalue weighted by Crippen LogP contribution is 2.73. The quantitative estimate of drug-likeness (QED) is 0.595. The number of aliphatic hydroxyl groups is 2. The molecule has 0 aromatic rings. The van der Waals surface area contributed by atoms with Gasteiger partial charge in [-0.1, -0.05) is 41.0 Å². The van der Waals surface area contributed by atoms with Gasteiger partial charge in [0.15, 0.2) is 0 Å². The zero-order valence-corrected chi connectivity index (χ0v) is 18.8. The number of hydrogen-bond donors (Lipinski definition) is 2. The standard InChI is InChI=1S/C25H38O4/c1-22(2)8-6-9-23(3)16(22)7-10-24(4)17(23)12-19(27)25(5)18(24)11-15(26)14-13-29-21(28)20(14)25/h15-19,26-27H,6-13H2,1-5H3. The molecule has 5 rings (SSSR count). The monoisotopic (exact) mass is 402 g/mol. The number of cyclic esters (lactones) is 1. The van der Waals surface area contributed by atoms with Gasteiger partial charge in [-0.3, -0.25) is 0 Å². The Balaban J connectivity index is 1.62. The molecule has 0 aromatic heterocycles. The Kier molecular flexibility index (Phi) is 4.07. The van der Waals surface area contributed by atoms with Crippen molar-refractivity contribution in [1.29, 1.82) is 0 Å². The third-order valence-electron chi connectivity index (χ3n) is 10.8. The number of aliphatic hydroxyl groups excluding tert-OH is 2. The second-order valence-electron chi connectivity index (χ2n) is 12.3. The van der Waals surface area contributed by atoms with Crippen molar-refractivity contribution in [2.24, 2.45) is 39.4 Å². The molecule has 0 bridgehead atoms. The molecule has 4 aliphatic carbocycles. The summed E-state index contributed by atoms with van der Waals surface area (Å²) in [5.41, 5.74) is 1.30. The van der Waals surface area contributed by atoms with Crippen molar-refractivity contribution >= 4 is 5.97 Å². The fraction of sp³-hybridized carbons (Fsp3) is 0.880. The van der Waals surface area contributed by atoms with Gasteiger partial charge in [-0.2, -0.15) is 0 Å². The lowest BCUT2D eigenvalue weighted by molar-refractivity contribution is -0.221. The number of ether oxygens (including phenoxy) is 1. The van der Waals surface area contributed by atoms with E-state index < -0.39 is 17.6 Å². The lowest BCUT2D eigenvalue weighted by Crippen LogP contribution is -2.66. The average molecular weight is 403 g/mol. The molecule has 5 aliphatic rings. The molecule has 3 saturated carbocycles. The Morgan fingerprint density at radius 1 is 0.897 bits per heavy atom. The molecule has 8 unspecified atom stereocenters. The molecule has 8 atom stereocenters. The smallest absolute Gasteiger partial charge is 0.335 e. The Hall–Kier alpha value is -0.870. The fourth-order valence-corrected chi connectivity index (χ4v) is 9.49. The molecule has 1 heterocycles. The minimum atomic E-state index is -0.620. The van der Waals surface area contributed by atoms with E-state index in [1.165, 1.54) is 25.7 Å². The number of carbonyl (C=O) groups is 1. The van der Waals surface area contributed by atoms with Gasteiger partial charge in [0.05, 0.1) is 17.8 Å². The Labute approximate surface area is 175 Å². The van der Waals surface area contributed by atoms with Crippen molar-refractivity contribution in [1.82, 2.24) is 0 Å². The summed E-state index contributed by atoms with van der Waals surface area (Å²) in [6.07, 6.45) is 6.34. The van der Waals surface area contributed by atoms with Crippen LogP contribution in [0.5, 0.6) is 0 Å². The van der Waals surface area contributed by atoms with E-state index >= 15 is 0 Å². The van der Waals surface area contributed by atoms with Crippen LogP contribution >= 0.6 is 0 Å². The summed E-state index contributed by atoms with van der Waals surface area (Å²) >= 11 is 0. The lowest BCUT2D eigenvalue weighted by Gasteiger charge is -2.70. The predicted octanol–water partition coefficient (Wildman–Crippen LogP) is 4.24. The topological polar surface area (TPSA) is 66.8 Å². The van der Waals surface area contributed by atoms with E-state index in [0.29, 0.717) is 29.2 Å². The molecule has 0 radical (unpaired) electrons. The Morgan fingerprint density at radius 2 is 1.59 bits per heavy atom. The maximum atomic E-state index is 12.7. The van der Waals surface area contributed by atoms with Crippen LogP contribution in [0.2, 0.25) is 0 Å². The van der Waals surface area contributed by atoms with Crippen molar-refractivity contribution in [3.8, 4) is 0 Å². The lowest BCUT2D eigenvalue weighted by atomic mass is 9.35. The van der Waals surface area contributed by atoms with Gasteiger partial charge >= 0.3 is 5.97 Å². The third-order valence-corrected chi connectivity index (χ3v) is 10.8. The zero-order valence-electron chi connectivity index (χ0n) is 18.8. The summed E-state index contributed by atoms with van der Waals surface area (Å²) in [7, 11) is 0. The maximum Gasteiger partial charge on any atom is 0.335 e. The summed E-state index contributed by atoms with van der Waals surface area (Å²) in [6, 6.07) is 0. The van der Waals surface area contributed by atoms with Crippen LogP contribution in [0.4, 0.5) is 0 Å². The number of hydrogen-bond acceptors (Lipinski definition) is 4. The number of fused-ring (bicyclic) bond motifs is 6. The first kappa shape index (κ1) is 20.1. The first-order chi connectivity index (χ1) is 13.5. The van der Waals surface area contributed by atoms with E-state index in [2.05, 4.69) is 34.6 Å². The second-order valence-corrected chi connectivity index (χ2v) is 12.3. The first-order valence-corrected chi connectivity index (χ1v) is 11.7. The minimum Gasteiger partial charge on any atom is -0.458 e. The largest absolute Gasteiger partial charge is 0.458 e. The van der Waals surface area contributed by atoms with E-state index in [9.17, 15) is 15.0 Å². The summed E-state index contributed by atoms with van der Waals surface area (Å²) in [4.78, 5) is 12.7. The average Bonchev–Trinajstić information content (AvgIpc) is 3.02. The van der Waals surface area contributed by atoms with Gasteiger partial charge in [0.2, 0.25) is 0 Å². The van der Waals surface area contributed by atoms with Crippen LogP contribution < -0.4 is 0 Å². The van der Waals surface area contributed by atoms with Crippen molar-refractivity contribution in [2.75, 3.05) is 6.61 Å². The molecule has 4 nitrogen and oxygen atoms in total. The molecule has 4 heteroatoms. The van der Waals surface area contributed by atoms with Crippen molar-refractivity contribution in [3.63, 3.8) is 0 Å². The number of esters is 1. The fourth-order valence-electron chi connectivity index (χ4n) is 9.49. The normalized spacial score (nSPS) is 53.5. The molecule has 2 N–H and O–H groups in total. The van der Waals surface area contributed by atoms with Crippen LogP contribution in [-0.2, 0) is 9.53 Å². The van der Waals surface area contributed by atoms with Crippen LogP contribution in [0, 0.1) is 39.4 Å². The predicted molar refractivity (Wildman–Crippen MR) is 111 cm³/mol. The Bertz CT molecular complexity index is 784. The van der Waals surface area contributed by atoms with Crippen LogP contribution in [-0.4, -0.2) is 35.0 Å². The number of carbonyl (C=O) groups excluding carboxylic acids is 1. The highest BCUT2D eigenvalue weighted by Gasteiger charge is 2.69. The summed E-state index contributed by atoms with van der Waals surface area (Å²) in [6.45, 7) is 12.1. The zero-order chi connectivity index (χ0) is 21.0. The van der Waals surface area contributed by atoms with Gasteiger partial charge in [0, 0.05) is 11.0 Å². The highest BCUT2D eigenvalue weighted by atomic mass is 16.5. The van der Waals surface area contributed by atoms with Gasteiger partial charge in [0.1, 0.15) is 6.61 Å². The van der Waals surface area contributed by atoms with Crippen LogP contribution in [0.3, 0.4) is 0 Å². The van der Waals surface area contributed by atoms with E-state index in [1.807, 2.05) is 0 Å². The molecule has 29 heavy (non-hydrogen) atoms. The van der Waals surface area contributed by atoms with Crippen LogP contribution in [0.25, 0.3) is 0 Å². The molecule has 162 valence electrons. The van der Waals surface area contributed by atoms with Crippen molar-refractivity contribution in [3.05, 3.63) is 11.1 Å². The third kappa shape index (κ3) is 2.31. The molecule has 0 spiro atoms. The summed E-state index contributed by atoms with van der Waals surface area (Å²) < 4.78 is 5.35. The van der Waals surface area contributed by atoms with E-state index in [4.69, 9.17) is 4.74 Å². The first-order valence-electron chi connectivity index (χ1n) is 11.7. The molecule has 3 fully saturated rings. The Morgan fingerprint density at radius 3 is 2.31 bits per heavy atom. The van der Waals surface area contributed by atoms with Gasteiger partial charge in [0.25, 0.3) is 0 Å². The van der Waals surface area contributed by atoms with E-state index in [-0.39, 0.29) is 29.3 Å². The number of rotatable bonds is 0. The van der Waals surface area contributed by atoms with E-state index in [1.54, 1.807) is 0 Å². The molecule has 0 amide bonds. The van der Waals surface area contributed by atoms with Crippen molar-refractivity contribution < 1.29 is 19.7 Å². The molecule has 0 aromatic carbocycles. The molecular weight excluding hydrogens is 364 g/mol. The van der Waals surface area contributed by atoms with Gasteiger partial charge in [-0.25, -0.2) is 4.79 Å². The minimum absolute atomic E-state index is 0.0228. The SMILES string of the molecule is CC1(C)CCCC2(C)C1CCC1(C)C2CC(O)C2(C)C3=C(COC3=O)C(O)CC12. The van der Waals surface area contributed by atoms with Crippen LogP contribution in [0.1, 0.15) is 79.6 Å². The maximum absolute atomic E-state index is 12.7.